The van der Waals surface area contributed by atoms with Crippen molar-refractivity contribution in [3.8, 4) is 11.5 Å². The van der Waals surface area contributed by atoms with Gasteiger partial charge in [0.25, 0.3) is 0 Å². The van der Waals surface area contributed by atoms with Crippen LogP contribution < -0.4 is 19.7 Å². The number of para-hydroxylation sites is 2. The molecule has 6 rings (SSSR count). The quantitative estimate of drug-likeness (QED) is 0.495. The maximum Gasteiger partial charge on any atom is 0.216 e. The van der Waals surface area contributed by atoms with Gasteiger partial charge in [-0.15, -0.1) is 0 Å². The molecule has 0 saturated carbocycles. The summed E-state index contributed by atoms with van der Waals surface area (Å²) in [6.07, 6.45) is 3.46. The fourth-order valence-electron chi connectivity index (χ4n) is 4.62. The van der Waals surface area contributed by atoms with Crippen molar-refractivity contribution >= 4 is 22.9 Å². The molecule has 0 radical (unpaired) electrons. The van der Waals surface area contributed by atoms with E-state index in [1.54, 1.807) is 20.4 Å². The van der Waals surface area contributed by atoms with Crippen molar-refractivity contribution in [2.24, 2.45) is 4.99 Å². The average Bonchev–Trinajstić information content (AvgIpc) is 3.29. The Kier molecular flexibility index (Phi) is 5.03. The Bertz CT molecular complexity index is 1370. The Labute approximate surface area is 197 Å². The Morgan fingerprint density at radius 1 is 1.06 bits per heavy atom. The van der Waals surface area contributed by atoms with E-state index in [-0.39, 0.29) is 6.17 Å². The van der Waals surface area contributed by atoms with E-state index < -0.39 is 0 Å². The first kappa shape index (κ1) is 20.5. The summed E-state index contributed by atoms with van der Waals surface area (Å²) in [5.41, 5.74) is 4.10. The van der Waals surface area contributed by atoms with Crippen LogP contribution in [0.2, 0.25) is 0 Å². The number of pyridine rings is 1. The molecule has 0 amide bonds. The molecule has 9 nitrogen and oxygen atoms in total. The van der Waals surface area contributed by atoms with Crippen LogP contribution in [0, 0.1) is 0 Å². The number of imidazole rings is 1. The number of rotatable bonds is 5. The lowest BCUT2D eigenvalue weighted by atomic mass is 10.1. The number of guanidine groups is 1. The number of anilines is 1. The maximum absolute atomic E-state index is 5.74. The Morgan fingerprint density at radius 2 is 1.97 bits per heavy atom. The van der Waals surface area contributed by atoms with Crippen LogP contribution in [0.25, 0.3) is 11.0 Å². The van der Waals surface area contributed by atoms with Gasteiger partial charge in [0.1, 0.15) is 17.7 Å². The number of fused-ring (bicyclic) bond motifs is 5. The van der Waals surface area contributed by atoms with E-state index in [1.165, 1.54) is 0 Å². The average molecular weight is 456 g/mol. The fraction of sp³-hybridized carbons (Fsp3) is 0.240. The van der Waals surface area contributed by atoms with E-state index in [0.29, 0.717) is 13.3 Å². The molecule has 2 aromatic carbocycles. The monoisotopic (exact) mass is 455 g/mol. The molecule has 2 aliphatic heterocycles. The van der Waals surface area contributed by atoms with Crippen LogP contribution in [-0.2, 0) is 6.54 Å². The van der Waals surface area contributed by atoms with E-state index in [1.807, 2.05) is 48.7 Å². The third kappa shape index (κ3) is 3.41. The molecular formula is C25H25N7O2. The van der Waals surface area contributed by atoms with Crippen molar-refractivity contribution in [2.45, 2.75) is 12.7 Å². The molecule has 172 valence electrons. The normalized spacial score (nSPS) is 17.5. The van der Waals surface area contributed by atoms with Crippen LogP contribution in [0.4, 0.5) is 5.95 Å². The standard InChI is InChI=1S/C25H25N7O2/c1-33-18-9-10-19(22(12-18)34-2)23-29-24-27-15-30(14-17-6-5-11-26-13-17)16-31(24)25-28-20-7-3-4-8-21(20)32(23)25/h3-13,23H,14-16H2,1-2H3,(H,27,29). The minimum absolute atomic E-state index is 0.233. The van der Waals surface area contributed by atoms with Gasteiger partial charge < -0.3 is 14.8 Å². The van der Waals surface area contributed by atoms with Gasteiger partial charge in [-0.25, -0.2) is 9.98 Å². The van der Waals surface area contributed by atoms with Crippen LogP contribution in [-0.4, -0.2) is 53.0 Å². The van der Waals surface area contributed by atoms with Gasteiger partial charge in [0.05, 0.1) is 38.6 Å². The molecule has 0 saturated heterocycles. The molecule has 9 heteroatoms. The summed E-state index contributed by atoms with van der Waals surface area (Å²) in [6.45, 7) is 2.01. The van der Waals surface area contributed by atoms with Gasteiger partial charge in [0.2, 0.25) is 11.9 Å². The first-order chi connectivity index (χ1) is 16.7. The molecule has 1 unspecified atom stereocenters. The second kappa shape index (κ2) is 8.35. The van der Waals surface area contributed by atoms with Crippen molar-refractivity contribution in [2.75, 3.05) is 32.5 Å². The van der Waals surface area contributed by atoms with Gasteiger partial charge in [-0.3, -0.25) is 19.4 Å². The molecule has 4 heterocycles. The third-order valence-corrected chi connectivity index (χ3v) is 6.22. The second-order valence-corrected chi connectivity index (χ2v) is 8.31. The number of nitrogens with one attached hydrogen (secondary N) is 1. The molecule has 0 fully saturated rings. The van der Waals surface area contributed by atoms with Gasteiger partial charge >= 0.3 is 0 Å². The zero-order chi connectivity index (χ0) is 23.1. The summed E-state index contributed by atoms with van der Waals surface area (Å²) in [7, 11) is 3.33. The highest BCUT2D eigenvalue weighted by atomic mass is 16.5. The summed E-state index contributed by atoms with van der Waals surface area (Å²) < 4.78 is 13.4. The van der Waals surface area contributed by atoms with E-state index in [0.717, 1.165) is 52.1 Å². The van der Waals surface area contributed by atoms with Gasteiger partial charge in [0, 0.05) is 30.6 Å². The largest absolute Gasteiger partial charge is 0.497 e. The predicted molar refractivity (Wildman–Crippen MR) is 130 cm³/mol. The number of benzene rings is 2. The molecule has 1 N–H and O–H groups in total. The first-order valence-electron chi connectivity index (χ1n) is 11.1. The highest BCUT2D eigenvalue weighted by molar-refractivity contribution is 5.99. The number of aliphatic imine (C=N–C) groups is 1. The Balaban J connectivity index is 1.44. The highest BCUT2D eigenvalue weighted by Crippen LogP contribution is 2.38. The predicted octanol–water partition coefficient (Wildman–Crippen LogP) is 3.19. The van der Waals surface area contributed by atoms with Crippen LogP contribution in [0.1, 0.15) is 17.3 Å². The van der Waals surface area contributed by atoms with Crippen molar-refractivity contribution < 1.29 is 9.47 Å². The van der Waals surface area contributed by atoms with Crippen molar-refractivity contribution in [1.82, 2.24) is 24.8 Å². The van der Waals surface area contributed by atoms with Crippen molar-refractivity contribution in [1.29, 1.82) is 0 Å². The molecule has 1 atom stereocenters. The lowest BCUT2D eigenvalue weighted by Gasteiger charge is -2.41. The van der Waals surface area contributed by atoms with Gasteiger partial charge in [-0.05, 0) is 35.9 Å². The summed E-state index contributed by atoms with van der Waals surface area (Å²) in [4.78, 5) is 18.5. The summed E-state index contributed by atoms with van der Waals surface area (Å²) in [5, 5.41) is 3.64. The first-order valence-corrected chi connectivity index (χ1v) is 11.1. The number of hydrogen-bond donors (Lipinski definition) is 1. The Hall–Kier alpha value is -4.11. The summed E-state index contributed by atoms with van der Waals surface area (Å²) in [5.74, 6) is 3.13. The summed E-state index contributed by atoms with van der Waals surface area (Å²) in [6, 6.07) is 18.1. The van der Waals surface area contributed by atoms with Crippen LogP contribution in [0.5, 0.6) is 11.5 Å². The maximum atomic E-state index is 5.74. The fourth-order valence-corrected chi connectivity index (χ4v) is 4.62. The van der Waals surface area contributed by atoms with Crippen molar-refractivity contribution in [3.05, 3.63) is 78.1 Å². The second-order valence-electron chi connectivity index (χ2n) is 8.31. The third-order valence-electron chi connectivity index (χ3n) is 6.22. The zero-order valence-corrected chi connectivity index (χ0v) is 19.0. The molecule has 2 aliphatic rings. The number of nitrogens with zero attached hydrogens (tertiary/aromatic N) is 6. The van der Waals surface area contributed by atoms with E-state index in [4.69, 9.17) is 19.5 Å². The summed E-state index contributed by atoms with van der Waals surface area (Å²) >= 11 is 0. The molecule has 0 spiro atoms. The Morgan fingerprint density at radius 3 is 2.79 bits per heavy atom. The molecular weight excluding hydrogens is 430 g/mol. The smallest absolute Gasteiger partial charge is 0.216 e. The number of methoxy groups -OCH3 is 2. The number of aromatic nitrogens is 3. The lowest BCUT2D eigenvalue weighted by molar-refractivity contribution is 0.263. The van der Waals surface area contributed by atoms with Crippen LogP contribution >= 0.6 is 0 Å². The molecule has 0 aliphatic carbocycles. The molecule has 2 aromatic heterocycles. The van der Waals surface area contributed by atoms with Crippen LogP contribution in [0.15, 0.2) is 72.0 Å². The molecule has 4 aromatic rings. The van der Waals surface area contributed by atoms with Crippen LogP contribution in [0.3, 0.4) is 0 Å². The molecule has 34 heavy (non-hydrogen) atoms. The van der Waals surface area contributed by atoms with E-state index >= 15 is 0 Å². The van der Waals surface area contributed by atoms with Gasteiger partial charge in [0.15, 0.2) is 0 Å². The minimum Gasteiger partial charge on any atom is -0.497 e. The van der Waals surface area contributed by atoms with Crippen molar-refractivity contribution in [3.63, 3.8) is 0 Å². The van der Waals surface area contributed by atoms with E-state index in [9.17, 15) is 0 Å². The lowest BCUT2D eigenvalue weighted by Crippen LogP contribution is -2.57. The number of ether oxygens (including phenoxy) is 2. The minimum atomic E-state index is -0.233. The SMILES string of the molecule is COc1ccc(C2NC3=NCN(Cc4cccnc4)CN3c3nc4ccccc4n32)c(OC)c1. The van der Waals surface area contributed by atoms with Gasteiger partial charge in [-0.2, -0.15) is 0 Å². The topological polar surface area (TPSA) is 80.0 Å². The van der Waals surface area contributed by atoms with E-state index in [2.05, 4.69) is 36.8 Å². The van der Waals surface area contributed by atoms with Gasteiger partial charge in [-0.1, -0.05) is 18.2 Å². The molecule has 0 bridgehead atoms. The number of hydrogen-bond acceptors (Lipinski definition) is 8. The zero-order valence-electron chi connectivity index (χ0n) is 19.0. The highest BCUT2D eigenvalue weighted by Gasteiger charge is 2.36.